The van der Waals surface area contributed by atoms with Crippen molar-refractivity contribution in [2.75, 3.05) is 11.9 Å². The highest BCUT2D eigenvalue weighted by Crippen LogP contribution is 2.20. The third-order valence-corrected chi connectivity index (χ3v) is 6.61. The third-order valence-electron chi connectivity index (χ3n) is 4.80. The Bertz CT molecular complexity index is 1390. The highest BCUT2D eigenvalue weighted by atomic mass is 35.5. The number of nitrogens with one attached hydrogen (secondary N) is 2. The van der Waals surface area contributed by atoms with Gasteiger partial charge in [0, 0.05) is 18.3 Å². The molecule has 0 spiro atoms. The van der Waals surface area contributed by atoms with Gasteiger partial charge in [-0.2, -0.15) is 5.10 Å². The monoisotopic (exact) mass is 504 g/mol. The number of hydrogen-bond acceptors (Lipinski definition) is 6. The molecule has 2 aromatic carbocycles. The SMILES string of the molecule is Cc1ccc(NC(=O)Cn2ncc(Cl)cc2=O)cc1S(=O)(=O)NCCc1ccc(C(=O)O)cc1. The number of carbonyl (C=O) groups is 2. The molecule has 0 bridgehead atoms. The predicted octanol–water partition coefficient (Wildman–Crippen LogP) is 2.06. The molecule has 0 saturated carbocycles. The van der Waals surface area contributed by atoms with E-state index in [1.807, 2.05) is 0 Å². The zero-order valence-electron chi connectivity index (χ0n) is 18.0. The molecule has 0 atom stereocenters. The number of aromatic nitrogens is 2. The Balaban J connectivity index is 1.65. The number of hydrogen-bond donors (Lipinski definition) is 3. The van der Waals surface area contributed by atoms with Crippen LogP contribution in [0.2, 0.25) is 5.02 Å². The molecule has 10 nitrogen and oxygen atoms in total. The van der Waals surface area contributed by atoms with Crippen LogP contribution in [-0.4, -0.2) is 41.7 Å². The maximum atomic E-state index is 12.8. The van der Waals surface area contributed by atoms with Crippen molar-refractivity contribution in [3.8, 4) is 0 Å². The quantitative estimate of drug-likeness (QED) is 0.404. The molecule has 0 radical (unpaired) electrons. The van der Waals surface area contributed by atoms with Crippen molar-refractivity contribution < 1.29 is 23.1 Å². The molecule has 0 aliphatic rings. The van der Waals surface area contributed by atoms with Crippen LogP contribution < -0.4 is 15.6 Å². The number of rotatable bonds is 9. The van der Waals surface area contributed by atoms with Crippen LogP contribution in [0.5, 0.6) is 0 Å². The lowest BCUT2D eigenvalue weighted by molar-refractivity contribution is -0.117. The van der Waals surface area contributed by atoms with Crippen molar-refractivity contribution in [3.05, 3.63) is 86.8 Å². The van der Waals surface area contributed by atoms with E-state index in [-0.39, 0.29) is 34.3 Å². The van der Waals surface area contributed by atoms with Crippen molar-refractivity contribution >= 4 is 39.2 Å². The number of benzene rings is 2. The van der Waals surface area contributed by atoms with Crippen LogP contribution in [0.1, 0.15) is 21.5 Å². The molecular formula is C22H21ClN4O6S. The van der Waals surface area contributed by atoms with Gasteiger partial charge in [-0.05, 0) is 48.7 Å². The first kappa shape index (κ1) is 25.1. The fraction of sp³-hybridized carbons (Fsp3) is 0.182. The van der Waals surface area contributed by atoms with E-state index >= 15 is 0 Å². The van der Waals surface area contributed by atoms with Gasteiger partial charge in [-0.25, -0.2) is 22.6 Å². The van der Waals surface area contributed by atoms with Crippen LogP contribution in [0.25, 0.3) is 0 Å². The van der Waals surface area contributed by atoms with E-state index in [4.69, 9.17) is 16.7 Å². The standard InChI is InChI=1S/C22H21ClN4O6S/c1-14-2-7-18(26-20(28)13-27-21(29)10-17(23)12-24-27)11-19(14)34(32,33)25-9-8-15-3-5-16(6-4-15)22(30)31/h2-7,10-12,25H,8-9,13H2,1H3,(H,26,28)(H,30,31). The Labute approximate surface area is 200 Å². The van der Waals surface area contributed by atoms with E-state index in [1.165, 1.54) is 24.4 Å². The van der Waals surface area contributed by atoms with Crippen molar-refractivity contribution in [2.24, 2.45) is 0 Å². The van der Waals surface area contributed by atoms with Crippen LogP contribution in [0.4, 0.5) is 5.69 Å². The zero-order chi connectivity index (χ0) is 24.9. The number of nitrogens with zero attached hydrogens (tertiary/aromatic N) is 2. The molecule has 0 unspecified atom stereocenters. The highest BCUT2D eigenvalue weighted by Gasteiger charge is 2.18. The van der Waals surface area contributed by atoms with Gasteiger partial charge in [0.15, 0.2) is 0 Å². The summed E-state index contributed by atoms with van der Waals surface area (Å²) in [7, 11) is -3.89. The van der Waals surface area contributed by atoms with Crippen LogP contribution in [0.15, 0.2) is 64.4 Å². The number of halogens is 1. The molecule has 1 amide bonds. The lowest BCUT2D eigenvalue weighted by atomic mass is 10.1. The molecule has 12 heteroatoms. The number of amides is 1. The normalized spacial score (nSPS) is 11.2. The van der Waals surface area contributed by atoms with E-state index < -0.39 is 27.5 Å². The second-order valence-electron chi connectivity index (χ2n) is 7.35. The third kappa shape index (κ3) is 6.50. The average Bonchev–Trinajstić information content (AvgIpc) is 2.77. The summed E-state index contributed by atoms with van der Waals surface area (Å²) in [6.07, 6.45) is 1.59. The van der Waals surface area contributed by atoms with Gasteiger partial charge in [-0.15, -0.1) is 0 Å². The van der Waals surface area contributed by atoms with Crippen molar-refractivity contribution in [1.82, 2.24) is 14.5 Å². The Morgan fingerprint density at radius 1 is 1.12 bits per heavy atom. The van der Waals surface area contributed by atoms with Gasteiger partial charge in [-0.1, -0.05) is 29.8 Å². The Morgan fingerprint density at radius 3 is 2.47 bits per heavy atom. The Morgan fingerprint density at radius 2 is 1.82 bits per heavy atom. The van der Waals surface area contributed by atoms with Gasteiger partial charge in [-0.3, -0.25) is 9.59 Å². The topological polar surface area (TPSA) is 147 Å². The van der Waals surface area contributed by atoms with E-state index in [2.05, 4.69) is 15.1 Å². The molecule has 1 aromatic heterocycles. The second kappa shape index (κ2) is 10.6. The van der Waals surface area contributed by atoms with Gasteiger partial charge >= 0.3 is 5.97 Å². The Kier molecular flexibility index (Phi) is 7.82. The maximum absolute atomic E-state index is 12.8. The number of carboxylic acid groups (broad SMARTS) is 1. The molecule has 34 heavy (non-hydrogen) atoms. The summed E-state index contributed by atoms with van der Waals surface area (Å²) >= 11 is 5.69. The lowest BCUT2D eigenvalue weighted by Crippen LogP contribution is -2.29. The molecule has 3 N–H and O–H groups in total. The van der Waals surface area contributed by atoms with E-state index in [0.717, 1.165) is 16.3 Å². The van der Waals surface area contributed by atoms with Crippen molar-refractivity contribution in [2.45, 2.75) is 24.8 Å². The summed E-state index contributed by atoms with van der Waals surface area (Å²) in [5.74, 6) is -1.60. The minimum Gasteiger partial charge on any atom is -0.478 e. The molecule has 0 aliphatic heterocycles. The number of carboxylic acids is 1. The first-order valence-corrected chi connectivity index (χ1v) is 11.9. The van der Waals surface area contributed by atoms with E-state index in [9.17, 15) is 22.8 Å². The summed E-state index contributed by atoms with van der Waals surface area (Å²) in [6.45, 7) is 1.35. The lowest BCUT2D eigenvalue weighted by Gasteiger charge is -2.12. The number of carbonyl (C=O) groups excluding carboxylic acids is 1. The maximum Gasteiger partial charge on any atom is 0.335 e. The number of aromatic carboxylic acids is 1. The Hall–Kier alpha value is -3.54. The summed E-state index contributed by atoms with van der Waals surface area (Å²) in [6, 6.07) is 11.7. The smallest absolute Gasteiger partial charge is 0.335 e. The molecule has 0 fully saturated rings. The summed E-state index contributed by atoms with van der Waals surface area (Å²) in [5.41, 5.74) is 1.10. The predicted molar refractivity (Wildman–Crippen MR) is 126 cm³/mol. The highest BCUT2D eigenvalue weighted by molar-refractivity contribution is 7.89. The molecule has 1 heterocycles. The first-order valence-electron chi connectivity index (χ1n) is 10.0. The van der Waals surface area contributed by atoms with Crippen LogP contribution >= 0.6 is 11.6 Å². The minimum absolute atomic E-state index is 0.00619. The van der Waals surface area contributed by atoms with Gasteiger partial charge in [0.2, 0.25) is 15.9 Å². The van der Waals surface area contributed by atoms with Crippen LogP contribution in [0, 0.1) is 6.92 Å². The molecule has 0 aliphatic carbocycles. The number of aryl methyl sites for hydroxylation is 1. The van der Waals surface area contributed by atoms with Crippen molar-refractivity contribution in [3.63, 3.8) is 0 Å². The molecule has 3 aromatic rings. The van der Waals surface area contributed by atoms with Gasteiger partial charge in [0.1, 0.15) is 6.54 Å². The fourth-order valence-electron chi connectivity index (χ4n) is 3.06. The summed E-state index contributed by atoms with van der Waals surface area (Å²) in [5, 5.41) is 15.4. The molecular weight excluding hydrogens is 484 g/mol. The first-order chi connectivity index (χ1) is 16.0. The number of anilines is 1. The van der Waals surface area contributed by atoms with E-state index in [1.54, 1.807) is 31.2 Å². The van der Waals surface area contributed by atoms with Crippen LogP contribution in [0.3, 0.4) is 0 Å². The van der Waals surface area contributed by atoms with Crippen LogP contribution in [-0.2, 0) is 27.8 Å². The largest absolute Gasteiger partial charge is 0.478 e. The molecule has 3 rings (SSSR count). The average molecular weight is 505 g/mol. The number of sulfonamides is 1. The van der Waals surface area contributed by atoms with E-state index in [0.29, 0.717) is 12.0 Å². The van der Waals surface area contributed by atoms with Crippen molar-refractivity contribution in [1.29, 1.82) is 0 Å². The van der Waals surface area contributed by atoms with Gasteiger partial charge in [0.25, 0.3) is 5.56 Å². The summed E-state index contributed by atoms with van der Waals surface area (Å²) < 4.78 is 29.1. The minimum atomic E-state index is -3.89. The van der Waals surface area contributed by atoms with Gasteiger partial charge in [0.05, 0.1) is 21.7 Å². The molecule has 178 valence electrons. The fourth-order valence-corrected chi connectivity index (χ4v) is 4.49. The molecule has 0 saturated heterocycles. The van der Waals surface area contributed by atoms with Gasteiger partial charge < -0.3 is 10.4 Å². The summed E-state index contributed by atoms with van der Waals surface area (Å²) in [4.78, 5) is 35.1. The zero-order valence-corrected chi connectivity index (χ0v) is 19.6. The second-order valence-corrected chi connectivity index (χ2v) is 9.52.